The van der Waals surface area contributed by atoms with Crippen LogP contribution in [0.25, 0.3) is 0 Å². The Labute approximate surface area is 82.7 Å². The second-order valence-corrected chi connectivity index (χ2v) is 3.12. The minimum atomic E-state index is 0. The van der Waals surface area contributed by atoms with Crippen LogP contribution in [0.5, 0.6) is 0 Å². The third kappa shape index (κ3) is 12.8. The van der Waals surface area contributed by atoms with E-state index in [1.54, 1.807) is 0 Å². The lowest BCUT2D eigenvalue weighted by atomic mass is 10.3. The van der Waals surface area contributed by atoms with Crippen LogP contribution in [0.15, 0.2) is 0 Å². The van der Waals surface area contributed by atoms with Gasteiger partial charge in [0.25, 0.3) is 0 Å². The van der Waals surface area contributed by atoms with Crippen molar-refractivity contribution in [3.8, 4) is 0 Å². The van der Waals surface area contributed by atoms with E-state index in [1.807, 2.05) is 0 Å². The SMILES string of the molecule is CCCCCOCCN(C)C.Cl. The number of likely N-dealkylation sites (N-methyl/N-ethyl adjacent to an activating group) is 1. The highest BCUT2D eigenvalue weighted by molar-refractivity contribution is 5.85. The topological polar surface area (TPSA) is 12.5 Å². The lowest BCUT2D eigenvalue weighted by molar-refractivity contribution is 0.114. The van der Waals surface area contributed by atoms with Gasteiger partial charge in [-0.15, -0.1) is 12.4 Å². The molecule has 3 heteroatoms. The predicted molar refractivity (Wildman–Crippen MR) is 56.1 cm³/mol. The third-order valence-electron chi connectivity index (χ3n) is 1.58. The largest absolute Gasteiger partial charge is 0.380 e. The summed E-state index contributed by atoms with van der Waals surface area (Å²) in [7, 11) is 4.13. The molecule has 0 fully saturated rings. The van der Waals surface area contributed by atoms with Crippen LogP contribution < -0.4 is 0 Å². The molecule has 0 radical (unpaired) electrons. The van der Waals surface area contributed by atoms with Crippen LogP contribution in [0, 0.1) is 0 Å². The molecule has 0 heterocycles. The summed E-state index contributed by atoms with van der Waals surface area (Å²) in [6.07, 6.45) is 3.78. The van der Waals surface area contributed by atoms with Crippen LogP contribution in [-0.2, 0) is 4.74 Å². The van der Waals surface area contributed by atoms with Crippen LogP contribution in [-0.4, -0.2) is 38.8 Å². The highest BCUT2D eigenvalue weighted by Gasteiger charge is 1.90. The van der Waals surface area contributed by atoms with Crippen molar-refractivity contribution in [2.45, 2.75) is 26.2 Å². The normalized spacial score (nSPS) is 10.0. The monoisotopic (exact) mass is 195 g/mol. The molecule has 0 atom stereocenters. The first-order valence-electron chi connectivity index (χ1n) is 4.50. The number of hydrogen-bond acceptors (Lipinski definition) is 2. The first kappa shape index (κ1) is 14.7. The molecule has 0 aliphatic carbocycles. The smallest absolute Gasteiger partial charge is 0.0593 e. The molecule has 0 aromatic heterocycles. The molecule has 76 valence electrons. The Morgan fingerprint density at radius 1 is 1.08 bits per heavy atom. The highest BCUT2D eigenvalue weighted by atomic mass is 35.5. The summed E-state index contributed by atoms with van der Waals surface area (Å²) in [5.74, 6) is 0. The van der Waals surface area contributed by atoms with Crippen LogP contribution >= 0.6 is 12.4 Å². The Morgan fingerprint density at radius 3 is 2.25 bits per heavy atom. The fourth-order valence-electron chi connectivity index (χ4n) is 0.803. The van der Waals surface area contributed by atoms with Gasteiger partial charge >= 0.3 is 0 Å². The van der Waals surface area contributed by atoms with Gasteiger partial charge in [0.2, 0.25) is 0 Å². The van der Waals surface area contributed by atoms with Gasteiger partial charge in [0, 0.05) is 13.2 Å². The first-order valence-corrected chi connectivity index (χ1v) is 4.50. The summed E-state index contributed by atoms with van der Waals surface area (Å²) in [4.78, 5) is 2.14. The molecule has 0 N–H and O–H groups in total. The molecule has 0 saturated heterocycles. The Balaban J connectivity index is 0. The zero-order chi connectivity index (χ0) is 8.53. The number of rotatable bonds is 7. The van der Waals surface area contributed by atoms with Gasteiger partial charge in [0.15, 0.2) is 0 Å². The average molecular weight is 196 g/mol. The van der Waals surface area contributed by atoms with Crippen LogP contribution in [0.1, 0.15) is 26.2 Å². The van der Waals surface area contributed by atoms with Crippen molar-refractivity contribution in [1.82, 2.24) is 4.90 Å². The van der Waals surface area contributed by atoms with E-state index in [4.69, 9.17) is 4.74 Å². The van der Waals surface area contributed by atoms with Gasteiger partial charge in [-0.2, -0.15) is 0 Å². The van der Waals surface area contributed by atoms with E-state index < -0.39 is 0 Å². The van der Waals surface area contributed by atoms with Crippen molar-refractivity contribution in [2.24, 2.45) is 0 Å². The summed E-state index contributed by atoms with van der Waals surface area (Å²) in [5.41, 5.74) is 0. The Morgan fingerprint density at radius 2 is 1.75 bits per heavy atom. The minimum Gasteiger partial charge on any atom is -0.380 e. The quantitative estimate of drug-likeness (QED) is 0.578. The Hall–Kier alpha value is 0.210. The summed E-state index contributed by atoms with van der Waals surface area (Å²) >= 11 is 0. The van der Waals surface area contributed by atoms with E-state index in [0.29, 0.717) is 0 Å². The van der Waals surface area contributed by atoms with Crippen LogP contribution in [0.4, 0.5) is 0 Å². The van der Waals surface area contributed by atoms with E-state index >= 15 is 0 Å². The molecule has 0 rings (SSSR count). The lowest BCUT2D eigenvalue weighted by Crippen LogP contribution is -2.18. The number of unbranched alkanes of at least 4 members (excludes halogenated alkanes) is 2. The summed E-state index contributed by atoms with van der Waals surface area (Å²) in [5, 5.41) is 0. The number of nitrogens with zero attached hydrogens (tertiary/aromatic N) is 1. The predicted octanol–water partition coefficient (Wildman–Crippen LogP) is 2.18. The minimum absolute atomic E-state index is 0. The number of hydrogen-bond donors (Lipinski definition) is 0. The maximum atomic E-state index is 5.40. The molecular weight excluding hydrogens is 174 g/mol. The fraction of sp³-hybridized carbons (Fsp3) is 1.00. The maximum absolute atomic E-state index is 5.40. The molecule has 0 aromatic carbocycles. The number of ether oxygens (including phenoxy) is 1. The summed E-state index contributed by atoms with van der Waals surface area (Å²) < 4.78 is 5.40. The van der Waals surface area contributed by atoms with E-state index in [1.165, 1.54) is 19.3 Å². The molecule has 0 unspecified atom stereocenters. The van der Waals surface area contributed by atoms with Gasteiger partial charge in [-0.05, 0) is 20.5 Å². The number of halogens is 1. The van der Waals surface area contributed by atoms with Crippen molar-refractivity contribution in [3.63, 3.8) is 0 Å². The zero-order valence-electron chi connectivity index (χ0n) is 8.51. The second-order valence-electron chi connectivity index (χ2n) is 3.12. The molecule has 0 amide bonds. The standard InChI is InChI=1S/C9H21NO.ClH/c1-4-5-6-8-11-9-7-10(2)3;/h4-9H2,1-3H3;1H. The Kier molecular flexibility index (Phi) is 13.7. The van der Waals surface area contributed by atoms with E-state index in [9.17, 15) is 0 Å². The van der Waals surface area contributed by atoms with E-state index in [2.05, 4.69) is 25.9 Å². The van der Waals surface area contributed by atoms with E-state index in [0.717, 1.165) is 19.8 Å². The van der Waals surface area contributed by atoms with Gasteiger partial charge in [0.05, 0.1) is 6.61 Å². The van der Waals surface area contributed by atoms with Crippen molar-refractivity contribution in [2.75, 3.05) is 33.9 Å². The second kappa shape index (κ2) is 11.2. The van der Waals surface area contributed by atoms with Crippen LogP contribution in [0.3, 0.4) is 0 Å². The van der Waals surface area contributed by atoms with Gasteiger partial charge in [-0.25, -0.2) is 0 Å². The lowest BCUT2D eigenvalue weighted by Gasteiger charge is -2.09. The molecule has 12 heavy (non-hydrogen) atoms. The first-order chi connectivity index (χ1) is 5.27. The maximum Gasteiger partial charge on any atom is 0.0593 e. The summed E-state index contributed by atoms with van der Waals surface area (Å²) in [6, 6.07) is 0. The molecule has 0 saturated carbocycles. The van der Waals surface area contributed by atoms with Crippen LogP contribution in [0.2, 0.25) is 0 Å². The fourth-order valence-corrected chi connectivity index (χ4v) is 0.803. The molecule has 0 aliphatic rings. The molecule has 0 aromatic rings. The van der Waals surface area contributed by atoms with Gasteiger partial charge in [-0.3, -0.25) is 0 Å². The molecular formula is C9H22ClNO. The Bertz CT molecular complexity index is 78.9. The van der Waals surface area contributed by atoms with E-state index in [-0.39, 0.29) is 12.4 Å². The molecule has 0 bridgehead atoms. The molecule has 0 spiro atoms. The van der Waals surface area contributed by atoms with Crippen molar-refractivity contribution in [3.05, 3.63) is 0 Å². The van der Waals surface area contributed by atoms with Gasteiger partial charge in [-0.1, -0.05) is 19.8 Å². The third-order valence-corrected chi connectivity index (χ3v) is 1.58. The zero-order valence-corrected chi connectivity index (χ0v) is 9.32. The molecule has 2 nitrogen and oxygen atoms in total. The molecule has 0 aliphatic heterocycles. The van der Waals surface area contributed by atoms with Gasteiger partial charge < -0.3 is 9.64 Å². The van der Waals surface area contributed by atoms with Crippen molar-refractivity contribution < 1.29 is 4.74 Å². The van der Waals surface area contributed by atoms with Gasteiger partial charge in [0.1, 0.15) is 0 Å². The average Bonchev–Trinajstić information content (AvgIpc) is 1.96. The van der Waals surface area contributed by atoms with Crippen molar-refractivity contribution in [1.29, 1.82) is 0 Å². The summed E-state index contributed by atoms with van der Waals surface area (Å²) in [6.45, 7) is 5.05. The highest BCUT2D eigenvalue weighted by Crippen LogP contribution is 1.93. The van der Waals surface area contributed by atoms with Crippen molar-refractivity contribution >= 4 is 12.4 Å².